The van der Waals surface area contributed by atoms with Gasteiger partial charge in [-0.15, -0.1) is 0 Å². The summed E-state index contributed by atoms with van der Waals surface area (Å²) in [5.41, 5.74) is 7.59. The van der Waals surface area contributed by atoms with Crippen LogP contribution in [0.2, 0.25) is 0 Å². The number of carbonyl (C=O) groups is 1. The number of anilines is 1. The number of halogens is 1. The van der Waals surface area contributed by atoms with Gasteiger partial charge in [0, 0.05) is 4.47 Å². The molecule has 98 valence electrons. The molecule has 1 aliphatic heterocycles. The maximum atomic E-state index is 11.9. The molecule has 18 heavy (non-hydrogen) atoms. The fourth-order valence-electron chi connectivity index (χ4n) is 2.05. The van der Waals surface area contributed by atoms with Gasteiger partial charge in [-0.1, -0.05) is 6.07 Å². The normalized spacial score (nSPS) is 20.3. The van der Waals surface area contributed by atoms with Crippen LogP contribution in [-0.2, 0) is 9.53 Å². The molecule has 2 N–H and O–H groups in total. The molecule has 2 rings (SSSR count). The van der Waals surface area contributed by atoms with Crippen molar-refractivity contribution in [1.82, 2.24) is 0 Å². The number of amides is 1. The van der Waals surface area contributed by atoms with Crippen LogP contribution in [0.1, 0.15) is 12.0 Å². The van der Waals surface area contributed by atoms with Crippen molar-refractivity contribution >= 4 is 27.5 Å². The molecule has 0 spiro atoms. The Kier molecular flexibility index (Phi) is 4.37. The third-order valence-electron chi connectivity index (χ3n) is 3.01. The van der Waals surface area contributed by atoms with Crippen LogP contribution in [-0.4, -0.2) is 31.7 Å². The van der Waals surface area contributed by atoms with Crippen LogP contribution in [0.25, 0.3) is 0 Å². The van der Waals surface area contributed by atoms with Gasteiger partial charge in [-0.3, -0.25) is 4.79 Å². The van der Waals surface area contributed by atoms with Gasteiger partial charge in [0.15, 0.2) is 0 Å². The zero-order valence-electron chi connectivity index (χ0n) is 10.4. The lowest BCUT2D eigenvalue weighted by Crippen LogP contribution is -2.47. The first-order valence-electron chi connectivity index (χ1n) is 6.00. The van der Waals surface area contributed by atoms with E-state index in [0.717, 1.165) is 22.1 Å². The van der Waals surface area contributed by atoms with Crippen LogP contribution in [0.5, 0.6) is 0 Å². The lowest BCUT2D eigenvalue weighted by molar-refractivity contribution is -0.129. The molecule has 5 heteroatoms. The van der Waals surface area contributed by atoms with E-state index >= 15 is 0 Å². The number of aryl methyl sites for hydroxylation is 1. The summed E-state index contributed by atoms with van der Waals surface area (Å²) < 4.78 is 6.39. The second-order valence-corrected chi connectivity index (χ2v) is 5.32. The average Bonchev–Trinajstić information content (AvgIpc) is 2.33. The van der Waals surface area contributed by atoms with Crippen molar-refractivity contribution < 1.29 is 9.53 Å². The van der Waals surface area contributed by atoms with E-state index in [9.17, 15) is 4.79 Å². The minimum absolute atomic E-state index is 0.00664. The molecule has 0 bridgehead atoms. The Hall–Kier alpha value is -0.910. The molecule has 0 saturated carbocycles. The predicted molar refractivity (Wildman–Crippen MR) is 74.6 cm³/mol. The summed E-state index contributed by atoms with van der Waals surface area (Å²) in [7, 11) is 0. The van der Waals surface area contributed by atoms with Crippen molar-refractivity contribution in [2.45, 2.75) is 19.4 Å². The largest absolute Gasteiger partial charge is 0.366 e. The van der Waals surface area contributed by atoms with Crippen molar-refractivity contribution in [2.75, 3.05) is 24.6 Å². The fourth-order valence-corrected chi connectivity index (χ4v) is 2.76. The zero-order valence-corrected chi connectivity index (χ0v) is 11.9. The van der Waals surface area contributed by atoms with E-state index in [1.54, 1.807) is 4.90 Å². The highest BCUT2D eigenvalue weighted by Gasteiger charge is 2.27. The highest BCUT2D eigenvalue weighted by atomic mass is 79.9. The predicted octanol–water partition coefficient (Wildman–Crippen LogP) is 1.84. The maximum absolute atomic E-state index is 11.9. The molecule has 1 amide bonds. The SMILES string of the molecule is Cc1ccc(N2CC(CCN)OCC2=O)c(Br)c1. The van der Waals surface area contributed by atoms with Crippen LogP contribution in [0.15, 0.2) is 22.7 Å². The van der Waals surface area contributed by atoms with Gasteiger partial charge >= 0.3 is 0 Å². The van der Waals surface area contributed by atoms with E-state index in [1.807, 2.05) is 25.1 Å². The molecule has 1 fully saturated rings. The van der Waals surface area contributed by atoms with Crippen molar-refractivity contribution in [3.8, 4) is 0 Å². The Labute approximate surface area is 115 Å². The van der Waals surface area contributed by atoms with E-state index < -0.39 is 0 Å². The molecule has 0 radical (unpaired) electrons. The quantitative estimate of drug-likeness (QED) is 0.926. The number of nitrogens with zero attached hydrogens (tertiary/aromatic N) is 1. The van der Waals surface area contributed by atoms with Gasteiger partial charge in [0.05, 0.1) is 18.3 Å². The van der Waals surface area contributed by atoms with Crippen molar-refractivity contribution in [3.05, 3.63) is 28.2 Å². The summed E-state index contributed by atoms with van der Waals surface area (Å²) in [5.74, 6) is -0.00664. The molecular weight excluding hydrogens is 296 g/mol. The second-order valence-electron chi connectivity index (χ2n) is 4.47. The Morgan fingerprint density at radius 3 is 3.00 bits per heavy atom. The van der Waals surface area contributed by atoms with Crippen molar-refractivity contribution in [1.29, 1.82) is 0 Å². The molecule has 0 aliphatic carbocycles. The maximum Gasteiger partial charge on any atom is 0.253 e. The summed E-state index contributed by atoms with van der Waals surface area (Å²) >= 11 is 3.51. The Morgan fingerprint density at radius 2 is 2.33 bits per heavy atom. The summed E-state index contributed by atoms with van der Waals surface area (Å²) in [6, 6.07) is 5.97. The van der Waals surface area contributed by atoms with Gasteiger partial charge in [-0.2, -0.15) is 0 Å². The summed E-state index contributed by atoms with van der Waals surface area (Å²) in [4.78, 5) is 13.7. The summed E-state index contributed by atoms with van der Waals surface area (Å²) in [6.07, 6.45) is 0.800. The smallest absolute Gasteiger partial charge is 0.253 e. The molecule has 1 aliphatic rings. The third kappa shape index (κ3) is 2.91. The fraction of sp³-hybridized carbons (Fsp3) is 0.462. The highest BCUT2D eigenvalue weighted by molar-refractivity contribution is 9.10. The number of benzene rings is 1. The molecular formula is C13H17BrN2O2. The van der Waals surface area contributed by atoms with Crippen LogP contribution in [0.4, 0.5) is 5.69 Å². The summed E-state index contributed by atoms with van der Waals surface area (Å²) in [5, 5.41) is 0. The zero-order chi connectivity index (χ0) is 13.1. The van der Waals surface area contributed by atoms with Gasteiger partial charge in [0.25, 0.3) is 5.91 Å². The lowest BCUT2D eigenvalue weighted by atomic mass is 10.1. The van der Waals surface area contributed by atoms with Gasteiger partial charge in [0.1, 0.15) is 6.61 Å². The van der Waals surface area contributed by atoms with E-state index in [1.165, 1.54) is 0 Å². The van der Waals surface area contributed by atoms with E-state index in [2.05, 4.69) is 15.9 Å². The van der Waals surface area contributed by atoms with Crippen LogP contribution in [0, 0.1) is 6.92 Å². The number of morpholine rings is 1. The van der Waals surface area contributed by atoms with Crippen LogP contribution in [0.3, 0.4) is 0 Å². The Balaban J connectivity index is 2.21. The first-order valence-corrected chi connectivity index (χ1v) is 6.79. The molecule has 1 aromatic carbocycles. The van der Waals surface area contributed by atoms with Gasteiger partial charge < -0.3 is 15.4 Å². The van der Waals surface area contributed by atoms with E-state index in [-0.39, 0.29) is 18.6 Å². The van der Waals surface area contributed by atoms with Gasteiger partial charge in [-0.25, -0.2) is 0 Å². The van der Waals surface area contributed by atoms with Gasteiger partial charge in [0.2, 0.25) is 0 Å². The number of ether oxygens (including phenoxy) is 1. The van der Waals surface area contributed by atoms with Crippen molar-refractivity contribution in [3.63, 3.8) is 0 Å². The standard InChI is InChI=1S/C13H17BrN2O2/c1-9-2-3-12(11(14)6-9)16-7-10(4-5-15)18-8-13(16)17/h2-3,6,10H,4-5,7-8,15H2,1H3. The number of carbonyl (C=O) groups excluding carboxylic acids is 1. The Morgan fingerprint density at radius 1 is 1.56 bits per heavy atom. The number of hydrogen-bond donors (Lipinski definition) is 1. The number of nitrogens with two attached hydrogens (primary N) is 1. The number of rotatable bonds is 3. The van der Waals surface area contributed by atoms with Crippen LogP contribution >= 0.6 is 15.9 Å². The monoisotopic (exact) mass is 312 g/mol. The van der Waals surface area contributed by atoms with E-state index in [0.29, 0.717) is 13.1 Å². The lowest BCUT2D eigenvalue weighted by Gasteiger charge is -2.33. The molecule has 1 unspecified atom stereocenters. The third-order valence-corrected chi connectivity index (χ3v) is 3.65. The molecule has 1 atom stereocenters. The minimum atomic E-state index is -0.00664. The van der Waals surface area contributed by atoms with E-state index in [4.69, 9.17) is 10.5 Å². The highest BCUT2D eigenvalue weighted by Crippen LogP contribution is 2.29. The van der Waals surface area contributed by atoms with Crippen LogP contribution < -0.4 is 10.6 Å². The first-order chi connectivity index (χ1) is 8.61. The first kappa shape index (κ1) is 13.5. The summed E-state index contributed by atoms with van der Waals surface area (Å²) in [6.45, 7) is 3.29. The average molecular weight is 313 g/mol. The minimum Gasteiger partial charge on any atom is -0.366 e. The Bertz CT molecular complexity index is 451. The molecule has 4 nitrogen and oxygen atoms in total. The molecule has 1 saturated heterocycles. The van der Waals surface area contributed by atoms with Gasteiger partial charge in [-0.05, 0) is 53.5 Å². The topological polar surface area (TPSA) is 55.6 Å². The molecule has 1 aromatic rings. The number of hydrogen-bond acceptors (Lipinski definition) is 3. The second kappa shape index (κ2) is 5.82. The molecule has 0 aromatic heterocycles. The molecule has 1 heterocycles. The van der Waals surface area contributed by atoms with Crippen molar-refractivity contribution in [2.24, 2.45) is 5.73 Å².